The van der Waals surface area contributed by atoms with Crippen molar-refractivity contribution in [3.8, 4) is 0 Å². The van der Waals surface area contributed by atoms with Crippen molar-refractivity contribution < 1.29 is 8.42 Å². The Morgan fingerprint density at radius 3 is 1.59 bits per heavy atom. The lowest BCUT2D eigenvalue weighted by molar-refractivity contribution is 0.530. The molecule has 0 aliphatic heterocycles. The van der Waals surface area contributed by atoms with E-state index >= 15 is 0 Å². The summed E-state index contributed by atoms with van der Waals surface area (Å²) in [6.07, 6.45) is 18.3. The smallest absolute Gasteiger partial charge is 0.296 e. The van der Waals surface area contributed by atoms with E-state index in [1.165, 1.54) is 70.6 Å². The number of rotatable bonds is 17. The van der Waals surface area contributed by atoms with Crippen molar-refractivity contribution in [3.63, 3.8) is 0 Å². The summed E-state index contributed by atoms with van der Waals surface area (Å²) < 4.78 is 25.3. The van der Waals surface area contributed by atoms with Gasteiger partial charge in [0.1, 0.15) is 0 Å². The van der Waals surface area contributed by atoms with Gasteiger partial charge in [-0.2, -0.15) is 0 Å². The first-order valence-electron chi connectivity index (χ1n) is 11.7. The first-order valence-corrected chi connectivity index (χ1v) is 13.2. The number of aryl methyl sites for hydroxylation is 1. The first-order chi connectivity index (χ1) is 14.0. The minimum atomic E-state index is -3.54. The summed E-state index contributed by atoms with van der Waals surface area (Å²) in [6.45, 7) is 11.5. The molecular formula is C25H41NO2S. The maximum absolute atomic E-state index is 12.6. The van der Waals surface area contributed by atoms with Crippen molar-refractivity contribution >= 4 is 9.84 Å². The van der Waals surface area contributed by atoms with Gasteiger partial charge in [0.25, 0.3) is 9.84 Å². The van der Waals surface area contributed by atoms with Crippen molar-refractivity contribution in [3.05, 3.63) is 41.2 Å². The van der Waals surface area contributed by atoms with Gasteiger partial charge in [0.05, 0.1) is 4.90 Å². The average molecular weight is 420 g/mol. The van der Waals surface area contributed by atoms with E-state index in [0.29, 0.717) is 6.42 Å². The third-order valence-electron chi connectivity index (χ3n) is 5.66. The van der Waals surface area contributed by atoms with Crippen LogP contribution in [0.5, 0.6) is 0 Å². The van der Waals surface area contributed by atoms with Crippen LogP contribution in [0, 0.1) is 13.5 Å². The maximum atomic E-state index is 12.6. The summed E-state index contributed by atoms with van der Waals surface area (Å²) >= 11 is 0. The van der Waals surface area contributed by atoms with Crippen LogP contribution in [0.1, 0.15) is 109 Å². The molecule has 3 nitrogen and oxygen atoms in total. The van der Waals surface area contributed by atoms with E-state index in [9.17, 15) is 8.42 Å². The predicted molar refractivity (Wildman–Crippen MR) is 124 cm³/mol. The summed E-state index contributed by atoms with van der Waals surface area (Å²) in [6, 6.07) is 6.82. The second-order valence-corrected chi connectivity index (χ2v) is 10.4. The highest BCUT2D eigenvalue weighted by molar-refractivity contribution is 7.92. The fraction of sp³-hybridized carbons (Fsp3) is 0.720. The molecule has 1 rings (SSSR count). The van der Waals surface area contributed by atoms with E-state index in [0.717, 1.165) is 24.8 Å². The van der Waals surface area contributed by atoms with Crippen LogP contribution in [-0.2, 0) is 9.84 Å². The Hall–Kier alpha value is -1.34. The van der Waals surface area contributed by atoms with Gasteiger partial charge < -0.3 is 0 Å². The lowest BCUT2D eigenvalue weighted by atomic mass is 10.0. The SMILES string of the molecule is [C-]#[N+]C(CCCCCCCCCCCCCCCC)S(=O)(=O)c1ccc(C)cc1. The third kappa shape index (κ3) is 10.8. The van der Waals surface area contributed by atoms with Crippen molar-refractivity contribution in [2.45, 2.75) is 120 Å². The maximum Gasteiger partial charge on any atom is 0.325 e. The molecule has 0 radical (unpaired) electrons. The summed E-state index contributed by atoms with van der Waals surface area (Å²) in [7, 11) is -3.54. The van der Waals surface area contributed by atoms with Gasteiger partial charge in [-0.3, -0.25) is 4.85 Å². The lowest BCUT2D eigenvalue weighted by Gasteiger charge is -2.08. The lowest BCUT2D eigenvalue weighted by Crippen LogP contribution is -2.17. The van der Waals surface area contributed by atoms with E-state index < -0.39 is 15.2 Å². The Morgan fingerprint density at radius 2 is 1.17 bits per heavy atom. The first kappa shape index (κ1) is 25.7. The molecule has 0 spiro atoms. The normalized spacial score (nSPS) is 12.6. The Balaban J connectivity index is 2.09. The molecule has 0 amide bonds. The van der Waals surface area contributed by atoms with E-state index in [1.807, 2.05) is 6.92 Å². The van der Waals surface area contributed by atoms with Crippen LogP contribution in [0.15, 0.2) is 29.2 Å². The zero-order chi connectivity index (χ0) is 21.4. The van der Waals surface area contributed by atoms with E-state index in [2.05, 4.69) is 11.8 Å². The topological polar surface area (TPSA) is 38.5 Å². The molecule has 164 valence electrons. The van der Waals surface area contributed by atoms with Crippen LogP contribution < -0.4 is 0 Å². The predicted octanol–water partition coefficient (Wildman–Crippen LogP) is 7.89. The highest BCUT2D eigenvalue weighted by Gasteiger charge is 2.31. The monoisotopic (exact) mass is 419 g/mol. The molecule has 0 aliphatic carbocycles. The zero-order valence-electron chi connectivity index (χ0n) is 18.7. The summed E-state index contributed by atoms with van der Waals surface area (Å²) in [5.74, 6) is 0. The van der Waals surface area contributed by atoms with E-state index in [4.69, 9.17) is 6.57 Å². The van der Waals surface area contributed by atoms with E-state index in [-0.39, 0.29) is 4.90 Å². The van der Waals surface area contributed by atoms with Crippen molar-refractivity contribution in [2.75, 3.05) is 0 Å². The Morgan fingerprint density at radius 1 is 0.759 bits per heavy atom. The van der Waals surface area contributed by atoms with Gasteiger partial charge in [0.2, 0.25) is 0 Å². The molecule has 0 fully saturated rings. The highest BCUT2D eigenvalue weighted by Crippen LogP contribution is 2.22. The van der Waals surface area contributed by atoms with Gasteiger partial charge in [0.15, 0.2) is 0 Å². The van der Waals surface area contributed by atoms with Crippen molar-refractivity contribution in [1.82, 2.24) is 0 Å². The number of hydrogen-bond donors (Lipinski definition) is 0. The summed E-state index contributed by atoms with van der Waals surface area (Å²) in [5, 5.41) is -0.942. The molecule has 0 aromatic heterocycles. The Bertz CT molecular complexity index is 674. The van der Waals surface area contributed by atoms with Crippen LogP contribution >= 0.6 is 0 Å². The number of sulfone groups is 1. The number of nitrogens with zero attached hydrogens (tertiary/aromatic N) is 1. The largest absolute Gasteiger partial charge is 0.325 e. The van der Waals surface area contributed by atoms with Gasteiger partial charge in [-0.25, -0.2) is 15.0 Å². The molecule has 29 heavy (non-hydrogen) atoms. The minimum absolute atomic E-state index is 0.273. The van der Waals surface area contributed by atoms with E-state index in [1.54, 1.807) is 24.3 Å². The molecule has 4 heteroatoms. The van der Waals surface area contributed by atoms with Gasteiger partial charge in [-0.05, 0) is 25.5 Å². The van der Waals surface area contributed by atoms with Gasteiger partial charge in [-0.1, -0.05) is 108 Å². The minimum Gasteiger partial charge on any atom is -0.296 e. The molecular weight excluding hydrogens is 378 g/mol. The number of hydrogen-bond acceptors (Lipinski definition) is 2. The van der Waals surface area contributed by atoms with Crippen molar-refractivity contribution in [2.24, 2.45) is 0 Å². The Kier molecular flexibility index (Phi) is 13.7. The second-order valence-electron chi connectivity index (χ2n) is 8.33. The van der Waals surface area contributed by atoms with Crippen LogP contribution in [-0.4, -0.2) is 13.8 Å². The molecule has 0 N–H and O–H groups in total. The highest BCUT2D eigenvalue weighted by atomic mass is 32.2. The summed E-state index contributed by atoms with van der Waals surface area (Å²) in [5.41, 5.74) is 1.02. The molecule has 1 aromatic rings. The number of unbranched alkanes of at least 4 members (excludes halogenated alkanes) is 13. The Labute approximate surface area is 180 Å². The van der Waals surface area contributed by atoms with Gasteiger partial charge in [-0.15, -0.1) is 0 Å². The molecule has 0 heterocycles. The van der Waals surface area contributed by atoms with Crippen molar-refractivity contribution in [1.29, 1.82) is 0 Å². The molecule has 1 aromatic carbocycles. The second kappa shape index (κ2) is 15.5. The molecule has 0 bridgehead atoms. The van der Waals surface area contributed by atoms with Crippen LogP contribution in [0.4, 0.5) is 0 Å². The molecule has 0 aliphatic rings. The number of benzene rings is 1. The standard InChI is InChI=1S/C25H41NO2S/c1-4-5-6-7-8-9-10-11-12-13-14-15-16-17-18-25(26-3)29(27,28)24-21-19-23(2)20-22-24/h19-22,25H,4-18H2,1-2H3. The van der Waals surface area contributed by atoms with Gasteiger partial charge in [0, 0.05) is 6.42 Å². The summed E-state index contributed by atoms with van der Waals surface area (Å²) in [4.78, 5) is 3.69. The van der Waals surface area contributed by atoms with Gasteiger partial charge >= 0.3 is 5.37 Å². The fourth-order valence-corrected chi connectivity index (χ4v) is 5.13. The quantitative estimate of drug-likeness (QED) is 0.190. The van der Waals surface area contributed by atoms with Crippen LogP contribution in [0.3, 0.4) is 0 Å². The average Bonchev–Trinajstić information content (AvgIpc) is 2.71. The molecule has 1 unspecified atom stereocenters. The molecule has 0 saturated heterocycles. The molecule has 0 saturated carbocycles. The fourth-order valence-electron chi connectivity index (χ4n) is 3.69. The molecule has 1 atom stereocenters. The van der Waals surface area contributed by atoms with Crippen LogP contribution in [0.2, 0.25) is 0 Å². The third-order valence-corrected chi connectivity index (χ3v) is 7.64. The zero-order valence-corrected chi connectivity index (χ0v) is 19.5. The van der Waals surface area contributed by atoms with Crippen LogP contribution in [0.25, 0.3) is 4.85 Å².